The smallest absolute Gasteiger partial charge is 0.293 e. The van der Waals surface area contributed by atoms with Gasteiger partial charge < -0.3 is 15.4 Å². The van der Waals surface area contributed by atoms with Gasteiger partial charge in [-0.1, -0.05) is 69.3 Å². The van der Waals surface area contributed by atoms with E-state index in [9.17, 15) is 14.4 Å². The van der Waals surface area contributed by atoms with E-state index in [0.29, 0.717) is 24.8 Å². The number of thiazole rings is 1. The number of likely N-dealkylation sites (N-methyl/N-ethyl adjacent to an activating group) is 1. The van der Waals surface area contributed by atoms with E-state index in [-0.39, 0.29) is 11.8 Å². The molecule has 8 nitrogen and oxygen atoms in total. The number of ether oxygens (including phenoxy) is 1. The van der Waals surface area contributed by atoms with E-state index in [0.717, 1.165) is 35.5 Å². The number of rotatable bonds is 12. The molecule has 2 rings (SSSR count). The Hall–Kier alpha value is -3.56. The molecule has 0 saturated carbocycles. The fraction of sp³-hybridized carbons (Fsp3) is 0.379. The van der Waals surface area contributed by atoms with Crippen molar-refractivity contribution < 1.29 is 19.1 Å². The maximum atomic E-state index is 12.0. The first kappa shape index (κ1) is 34.4. The van der Waals surface area contributed by atoms with E-state index >= 15 is 0 Å². The van der Waals surface area contributed by atoms with Crippen LogP contribution in [0.25, 0.3) is 5.57 Å². The van der Waals surface area contributed by atoms with Crippen LogP contribution in [-0.2, 0) is 25.7 Å². The molecule has 0 fully saturated rings. The second-order valence-electron chi connectivity index (χ2n) is 7.85. The van der Waals surface area contributed by atoms with Gasteiger partial charge in [0.1, 0.15) is 6.61 Å². The molecule has 0 atom stereocenters. The van der Waals surface area contributed by atoms with Crippen molar-refractivity contribution in [3.05, 3.63) is 77.0 Å². The molecule has 1 aromatic carbocycles. The number of carbonyl (C=O) groups is 3. The average molecular weight is 543 g/mol. The van der Waals surface area contributed by atoms with Crippen LogP contribution in [0.1, 0.15) is 59.2 Å². The summed E-state index contributed by atoms with van der Waals surface area (Å²) in [5, 5.41) is 8.08. The number of nitrogens with one attached hydrogen (secondary N) is 2. The van der Waals surface area contributed by atoms with Gasteiger partial charge in [-0.3, -0.25) is 19.3 Å². The Kier molecular flexibility index (Phi) is 19.5. The normalized spacial score (nSPS) is 11.2. The zero-order valence-electron chi connectivity index (χ0n) is 23.6. The van der Waals surface area contributed by atoms with E-state index in [1.807, 2.05) is 99.7 Å². The lowest BCUT2D eigenvalue weighted by Gasteiger charge is -2.13. The minimum absolute atomic E-state index is 0.0589. The summed E-state index contributed by atoms with van der Waals surface area (Å²) in [6.07, 6.45) is 8.44. The molecule has 1 heterocycles. The van der Waals surface area contributed by atoms with Gasteiger partial charge in [0.25, 0.3) is 6.47 Å². The summed E-state index contributed by atoms with van der Waals surface area (Å²) in [5.74, 6) is -0.163. The van der Waals surface area contributed by atoms with E-state index in [1.165, 1.54) is 18.3 Å². The third-order valence-electron chi connectivity index (χ3n) is 4.59. The van der Waals surface area contributed by atoms with Crippen molar-refractivity contribution in [1.29, 1.82) is 0 Å². The summed E-state index contributed by atoms with van der Waals surface area (Å²) >= 11 is 1.40. The molecule has 0 spiro atoms. The molecule has 38 heavy (non-hydrogen) atoms. The van der Waals surface area contributed by atoms with Crippen LogP contribution < -0.4 is 10.6 Å². The molecule has 0 bridgehead atoms. The van der Waals surface area contributed by atoms with Crippen LogP contribution in [0.3, 0.4) is 0 Å². The van der Waals surface area contributed by atoms with Crippen LogP contribution in [0.2, 0.25) is 0 Å². The second kappa shape index (κ2) is 21.5. The Bertz CT molecular complexity index is 1050. The Labute approximate surface area is 231 Å². The Balaban J connectivity index is 0.000000944. The topological polar surface area (TPSA) is 101 Å². The minimum atomic E-state index is -0.104. The number of allylic oxidation sites excluding steroid dienone is 5. The van der Waals surface area contributed by atoms with Gasteiger partial charge in [0.05, 0.1) is 12.2 Å². The van der Waals surface area contributed by atoms with Crippen molar-refractivity contribution in [2.75, 3.05) is 25.5 Å². The number of anilines is 1. The zero-order chi connectivity index (χ0) is 28.8. The van der Waals surface area contributed by atoms with Crippen molar-refractivity contribution in [3.8, 4) is 0 Å². The molecule has 2 aromatic rings. The molecule has 2 amide bonds. The van der Waals surface area contributed by atoms with Gasteiger partial charge in [0.15, 0.2) is 5.13 Å². The summed E-state index contributed by atoms with van der Waals surface area (Å²) in [7, 11) is 1.93. The predicted octanol–water partition coefficient (Wildman–Crippen LogP) is 5.81. The van der Waals surface area contributed by atoms with Gasteiger partial charge in [0, 0.05) is 18.0 Å². The fourth-order valence-corrected chi connectivity index (χ4v) is 3.66. The summed E-state index contributed by atoms with van der Waals surface area (Å²) in [5.41, 5.74) is 3.54. The van der Waals surface area contributed by atoms with Crippen LogP contribution in [-0.4, -0.2) is 48.3 Å². The molecule has 0 saturated heterocycles. The van der Waals surface area contributed by atoms with Crippen LogP contribution in [0.5, 0.6) is 0 Å². The third-order valence-corrected chi connectivity index (χ3v) is 5.35. The van der Waals surface area contributed by atoms with Crippen molar-refractivity contribution in [3.63, 3.8) is 0 Å². The highest BCUT2D eigenvalue weighted by atomic mass is 32.1. The monoisotopic (exact) mass is 542 g/mol. The molecule has 0 aliphatic heterocycles. The first-order valence-corrected chi connectivity index (χ1v) is 13.5. The number of hydrogen-bond acceptors (Lipinski definition) is 7. The third kappa shape index (κ3) is 16.2. The quantitative estimate of drug-likeness (QED) is 0.259. The molecule has 2 N–H and O–H groups in total. The first-order valence-electron chi connectivity index (χ1n) is 12.6. The highest BCUT2D eigenvalue weighted by Crippen LogP contribution is 2.21. The SMILES string of the molecule is CC.C\C=C(/C=C\C=C(/C)c1csc(NC(=O)CN(C)CCC)n1)NC(C)=O.O=COCc1ccccc1. The van der Waals surface area contributed by atoms with Crippen molar-refractivity contribution in [1.82, 2.24) is 15.2 Å². The van der Waals surface area contributed by atoms with Gasteiger partial charge in [-0.05, 0) is 51.1 Å². The lowest BCUT2D eigenvalue weighted by Crippen LogP contribution is -2.30. The fourth-order valence-electron chi connectivity index (χ4n) is 2.88. The lowest BCUT2D eigenvalue weighted by molar-refractivity contribution is -0.129. The van der Waals surface area contributed by atoms with Crippen LogP contribution in [0.4, 0.5) is 5.13 Å². The summed E-state index contributed by atoms with van der Waals surface area (Å²) in [6.45, 7) is 13.4. The molecule has 9 heteroatoms. The van der Waals surface area contributed by atoms with Crippen molar-refractivity contribution >= 4 is 40.3 Å². The number of aromatic nitrogens is 1. The Morgan fingerprint density at radius 3 is 2.42 bits per heavy atom. The average Bonchev–Trinajstić information content (AvgIpc) is 3.37. The number of carbonyl (C=O) groups excluding carboxylic acids is 3. The van der Waals surface area contributed by atoms with Gasteiger partial charge in [-0.25, -0.2) is 4.98 Å². The summed E-state index contributed by atoms with van der Waals surface area (Å²) in [6, 6.07) is 9.55. The molecular formula is C29H42N4O4S. The van der Waals surface area contributed by atoms with Gasteiger partial charge >= 0.3 is 0 Å². The minimum Gasteiger partial charge on any atom is -0.463 e. The van der Waals surface area contributed by atoms with Gasteiger partial charge in [0.2, 0.25) is 11.8 Å². The highest BCUT2D eigenvalue weighted by Gasteiger charge is 2.09. The van der Waals surface area contributed by atoms with E-state index in [4.69, 9.17) is 0 Å². The van der Waals surface area contributed by atoms with Crippen LogP contribution in [0.15, 0.2) is 65.7 Å². The molecule has 1 aromatic heterocycles. The molecule has 0 radical (unpaired) electrons. The number of amides is 2. The highest BCUT2D eigenvalue weighted by molar-refractivity contribution is 7.14. The largest absolute Gasteiger partial charge is 0.463 e. The molecule has 0 aliphatic rings. The van der Waals surface area contributed by atoms with Crippen LogP contribution in [0, 0.1) is 0 Å². The standard InChI is InChI=1S/C19H28N4O2S.C8H8O2.C2H6/c1-6-11-23(5)12-18(25)22-19-21-17(13-26-19)14(3)9-8-10-16(7-2)20-15(4)24;9-7-10-6-8-4-2-1-3-5-8;1-2/h7-10,13H,6,11-12H2,1-5H3,(H,20,24)(H,21,22,25);1-5,7H,6H2;1-2H3/b10-8-,14-9+,16-7+;;. The van der Waals surface area contributed by atoms with Crippen LogP contribution >= 0.6 is 11.3 Å². The number of nitrogens with zero attached hydrogens (tertiary/aromatic N) is 2. The molecule has 0 unspecified atom stereocenters. The van der Waals surface area contributed by atoms with Crippen molar-refractivity contribution in [2.24, 2.45) is 0 Å². The summed E-state index contributed by atoms with van der Waals surface area (Å²) < 4.78 is 4.54. The van der Waals surface area contributed by atoms with E-state index in [2.05, 4.69) is 27.3 Å². The lowest BCUT2D eigenvalue weighted by atomic mass is 10.2. The Morgan fingerprint density at radius 1 is 1.16 bits per heavy atom. The van der Waals surface area contributed by atoms with Gasteiger partial charge in [-0.15, -0.1) is 11.3 Å². The van der Waals surface area contributed by atoms with Gasteiger partial charge in [-0.2, -0.15) is 0 Å². The molecular weight excluding hydrogens is 500 g/mol. The maximum absolute atomic E-state index is 12.0. The first-order chi connectivity index (χ1) is 18.3. The van der Waals surface area contributed by atoms with Crippen molar-refractivity contribution in [2.45, 2.75) is 54.6 Å². The summed E-state index contributed by atoms with van der Waals surface area (Å²) in [4.78, 5) is 39.3. The van der Waals surface area contributed by atoms with E-state index in [1.54, 1.807) is 0 Å². The zero-order valence-corrected chi connectivity index (χ0v) is 24.4. The molecule has 208 valence electrons. The second-order valence-corrected chi connectivity index (χ2v) is 8.71. The number of hydrogen-bond donors (Lipinski definition) is 2. The Morgan fingerprint density at radius 2 is 1.84 bits per heavy atom. The number of benzene rings is 1. The predicted molar refractivity (Wildman–Crippen MR) is 158 cm³/mol. The molecule has 0 aliphatic carbocycles. The van der Waals surface area contributed by atoms with E-state index < -0.39 is 0 Å². The maximum Gasteiger partial charge on any atom is 0.293 e.